The van der Waals surface area contributed by atoms with Crippen LogP contribution >= 0.6 is 23.2 Å². The van der Waals surface area contributed by atoms with Crippen LogP contribution in [0, 0.1) is 0 Å². The van der Waals surface area contributed by atoms with Gasteiger partial charge in [0, 0.05) is 12.7 Å². The summed E-state index contributed by atoms with van der Waals surface area (Å²) >= 11 is 11.8. The van der Waals surface area contributed by atoms with Gasteiger partial charge >= 0.3 is 0 Å². The third-order valence-corrected chi connectivity index (χ3v) is 4.77. The van der Waals surface area contributed by atoms with Crippen LogP contribution < -0.4 is 10.0 Å². The fraction of sp³-hybridized carbons (Fsp3) is 0.154. The molecule has 1 aromatic carbocycles. The smallest absolute Gasteiger partial charge is 0.263 e. The van der Waals surface area contributed by atoms with E-state index in [1.165, 1.54) is 18.3 Å². The molecule has 1 aromatic heterocycles. The molecule has 0 amide bonds. The van der Waals surface area contributed by atoms with Crippen LogP contribution in [-0.2, 0) is 10.0 Å². The van der Waals surface area contributed by atoms with E-state index < -0.39 is 10.0 Å². The molecule has 0 radical (unpaired) electrons. The van der Waals surface area contributed by atoms with E-state index in [-0.39, 0.29) is 20.6 Å². The summed E-state index contributed by atoms with van der Waals surface area (Å²) < 4.78 is 26.9. The molecular weight excluding hydrogens is 333 g/mol. The highest BCUT2D eigenvalue weighted by molar-refractivity contribution is 7.92. The number of aromatic nitrogens is 1. The molecule has 0 fully saturated rings. The van der Waals surface area contributed by atoms with Crippen molar-refractivity contribution < 1.29 is 8.42 Å². The van der Waals surface area contributed by atoms with E-state index in [4.69, 9.17) is 23.2 Å². The number of rotatable bonds is 5. The van der Waals surface area contributed by atoms with Crippen LogP contribution in [0.4, 0.5) is 11.5 Å². The van der Waals surface area contributed by atoms with E-state index in [1.54, 1.807) is 18.2 Å². The number of pyridine rings is 1. The van der Waals surface area contributed by atoms with Gasteiger partial charge in [-0.25, -0.2) is 13.4 Å². The van der Waals surface area contributed by atoms with E-state index in [0.717, 1.165) is 0 Å². The second kappa shape index (κ2) is 6.51. The number of nitrogens with zero attached hydrogens (tertiary/aromatic N) is 1. The van der Waals surface area contributed by atoms with Crippen molar-refractivity contribution in [2.45, 2.75) is 11.8 Å². The van der Waals surface area contributed by atoms with Gasteiger partial charge in [-0.05, 0) is 31.2 Å². The van der Waals surface area contributed by atoms with Gasteiger partial charge in [-0.3, -0.25) is 4.72 Å². The zero-order valence-corrected chi connectivity index (χ0v) is 13.4. The highest BCUT2D eigenvalue weighted by atomic mass is 35.5. The largest absolute Gasteiger partial charge is 0.370 e. The summed E-state index contributed by atoms with van der Waals surface area (Å²) in [6.07, 6.45) is 1.28. The molecule has 112 valence electrons. The summed E-state index contributed by atoms with van der Waals surface area (Å²) in [5.74, 6) is 0.609. The maximum Gasteiger partial charge on any atom is 0.263 e. The van der Waals surface area contributed by atoms with Gasteiger partial charge in [0.15, 0.2) is 0 Å². The fourth-order valence-corrected chi connectivity index (χ4v) is 3.03. The van der Waals surface area contributed by atoms with Crippen LogP contribution in [0.15, 0.2) is 41.4 Å². The Morgan fingerprint density at radius 1 is 1.19 bits per heavy atom. The summed E-state index contributed by atoms with van der Waals surface area (Å²) in [5.41, 5.74) is 0.222. The molecule has 1 heterocycles. The maximum atomic E-state index is 12.3. The van der Waals surface area contributed by atoms with Crippen molar-refractivity contribution in [3.8, 4) is 0 Å². The average molecular weight is 346 g/mol. The molecule has 0 aliphatic heterocycles. The first-order valence-corrected chi connectivity index (χ1v) is 8.34. The first kappa shape index (κ1) is 15.9. The summed E-state index contributed by atoms with van der Waals surface area (Å²) in [5, 5.41) is 3.42. The molecule has 0 atom stereocenters. The van der Waals surface area contributed by atoms with Crippen molar-refractivity contribution in [3.63, 3.8) is 0 Å². The zero-order valence-electron chi connectivity index (χ0n) is 11.1. The first-order chi connectivity index (χ1) is 9.94. The van der Waals surface area contributed by atoms with Crippen LogP contribution in [-0.4, -0.2) is 19.9 Å². The number of sulfonamides is 1. The minimum absolute atomic E-state index is 0.0418. The van der Waals surface area contributed by atoms with Gasteiger partial charge in [-0.2, -0.15) is 0 Å². The lowest BCUT2D eigenvalue weighted by Crippen LogP contribution is -2.14. The zero-order chi connectivity index (χ0) is 15.5. The molecule has 0 spiro atoms. The van der Waals surface area contributed by atoms with Crippen molar-refractivity contribution in [3.05, 3.63) is 46.6 Å². The molecule has 0 aliphatic carbocycles. The van der Waals surface area contributed by atoms with Gasteiger partial charge in [0.05, 0.1) is 15.7 Å². The quantitative estimate of drug-likeness (QED) is 0.867. The minimum atomic E-state index is -3.77. The van der Waals surface area contributed by atoms with Gasteiger partial charge in [0.2, 0.25) is 0 Å². The third kappa shape index (κ3) is 3.78. The molecule has 8 heteroatoms. The van der Waals surface area contributed by atoms with Gasteiger partial charge < -0.3 is 5.32 Å². The van der Waals surface area contributed by atoms with Crippen LogP contribution in [0.25, 0.3) is 0 Å². The summed E-state index contributed by atoms with van der Waals surface area (Å²) in [6.45, 7) is 2.63. The van der Waals surface area contributed by atoms with E-state index in [2.05, 4.69) is 15.0 Å². The molecule has 0 bridgehead atoms. The lowest BCUT2D eigenvalue weighted by molar-refractivity contribution is 0.601. The molecule has 0 saturated heterocycles. The maximum absolute atomic E-state index is 12.3. The van der Waals surface area contributed by atoms with Crippen molar-refractivity contribution >= 4 is 44.7 Å². The lowest BCUT2D eigenvalue weighted by Gasteiger charge is -2.10. The predicted octanol–water partition coefficient (Wildman–Crippen LogP) is 3.62. The number of hydrogen-bond acceptors (Lipinski definition) is 4. The first-order valence-electron chi connectivity index (χ1n) is 6.11. The Morgan fingerprint density at radius 3 is 2.57 bits per heavy atom. The average Bonchev–Trinajstić information content (AvgIpc) is 2.45. The second-order valence-corrected chi connectivity index (χ2v) is 6.58. The number of anilines is 2. The highest BCUT2D eigenvalue weighted by Crippen LogP contribution is 2.31. The van der Waals surface area contributed by atoms with E-state index in [0.29, 0.717) is 12.4 Å². The van der Waals surface area contributed by atoms with Gasteiger partial charge in [0.1, 0.15) is 10.7 Å². The molecule has 5 nitrogen and oxygen atoms in total. The van der Waals surface area contributed by atoms with E-state index >= 15 is 0 Å². The van der Waals surface area contributed by atoms with Crippen LogP contribution in [0.5, 0.6) is 0 Å². The third-order valence-electron chi connectivity index (χ3n) is 2.60. The second-order valence-electron chi connectivity index (χ2n) is 4.12. The molecule has 2 aromatic rings. The molecular formula is C13H13Cl2N3O2S. The Morgan fingerprint density at radius 2 is 1.95 bits per heavy atom. The molecule has 0 unspecified atom stereocenters. The Balaban J connectivity index is 2.27. The SMILES string of the molecule is CCNc1ccc(S(=O)(=O)Nc2cccc(Cl)c2Cl)cn1. The van der Waals surface area contributed by atoms with Crippen LogP contribution in [0.2, 0.25) is 10.0 Å². The Bertz CT molecular complexity index is 734. The van der Waals surface area contributed by atoms with Crippen LogP contribution in [0.3, 0.4) is 0 Å². The van der Waals surface area contributed by atoms with Gasteiger partial charge in [-0.15, -0.1) is 0 Å². The minimum Gasteiger partial charge on any atom is -0.370 e. The molecule has 21 heavy (non-hydrogen) atoms. The van der Waals surface area contributed by atoms with Crippen molar-refractivity contribution in [2.24, 2.45) is 0 Å². The highest BCUT2D eigenvalue weighted by Gasteiger charge is 2.17. The molecule has 2 rings (SSSR count). The topological polar surface area (TPSA) is 71.1 Å². The lowest BCUT2D eigenvalue weighted by atomic mass is 10.3. The van der Waals surface area contributed by atoms with Crippen molar-refractivity contribution in [1.29, 1.82) is 0 Å². The Hall–Kier alpha value is -1.50. The fourth-order valence-electron chi connectivity index (χ4n) is 1.61. The molecule has 0 aliphatic rings. The van der Waals surface area contributed by atoms with Gasteiger partial charge in [-0.1, -0.05) is 29.3 Å². The van der Waals surface area contributed by atoms with Crippen LogP contribution in [0.1, 0.15) is 6.92 Å². The summed E-state index contributed by atoms with van der Waals surface area (Å²) in [6, 6.07) is 7.78. The number of hydrogen-bond donors (Lipinski definition) is 2. The Kier molecular flexibility index (Phi) is 4.92. The number of benzene rings is 1. The van der Waals surface area contributed by atoms with Crippen molar-refractivity contribution in [2.75, 3.05) is 16.6 Å². The molecule has 0 saturated carbocycles. The van der Waals surface area contributed by atoms with Crippen molar-refractivity contribution in [1.82, 2.24) is 4.98 Å². The monoisotopic (exact) mass is 345 g/mol. The summed E-state index contributed by atoms with van der Waals surface area (Å²) in [4.78, 5) is 4.07. The number of nitrogens with one attached hydrogen (secondary N) is 2. The Labute approximate surface area is 133 Å². The predicted molar refractivity (Wildman–Crippen MR) is 85.7 cm³/mol. The van der Waals surface area contributed by atoms with E-state index in [1.807, 2.05) is 6.92 Å². The van der Waals surface area contributed by atoms with Gasteiger partial charge in [0.25, 0.3) is 10.0 Å². The normalized spacial score (nSPS) is 11.2. The summed E-state index contributed by atoms with van der Waals surface area (Å²) in [7, 11) is -3.77. The standard InChI is InChI=1S/C13H13Cl2N3O2S/c1-2-16-12-7-6-9(8-17-12)21(19,20)18-11-5-3-4-10(14)13(11)15/h3-8,18H,2H2,1H3,(H,16,17). The number of halogens is 2. The van der Waals surface area contributed by atoms with E-state index in [9.17, 15) is 8.42 Å². The molecule has 2 N–H and O–H groups in total.